The summed E-state index contributed by atoms with van der Waals surface area (Å²) in [6.07, 6.45) is 11.5. The third-order valence-corrected chi connectivity index (χ3v) is 13.2. The van der Waals surface area contributed by atoms with Gasteiger partial charge in [-0.25, -0.2) is 34.7 Å². The second-order valence-electron chi connectivity index (χ2n) is 20.0. The van der Waals surface area contributed by atoms with E-state index in [1.165, 1.54) is 32.9 Å². The number of benzene rings is 3. The molecule has 0 saturated heterocycles. The molecule has 0 bridgehead atoms. The van der Waals surface area contributed by atoms with Gasteiger partial charge in [0.05, 0.1) is 73.2 Å². The number of aromatic carboxylic acids is 1. The number of halogens is 4. The number of pyridine rings is 4. The van der Waals surface area contributed by atoms with Crippen molar-refractivity contribution in [3.63, 3.8) is 0 Å². The minimum absolute atomic E-state index is 0. The largest absolute Gasteiger partial charge is 1.00 e. The summed E-state index contributed by atoms with van der Waals surface area (Å²) >= 11 is 5.60. The topological polar surface area (TPSA) is 446 Å². The zero-order valence-electron chi connectivity index (χ0n) is 57.3. The van der Waals surface area contributed by atoms with Gasteiger partial charge in [-0.1, -0.05) is 36.4 Å². The van der Waals surface area contributed by atoms with E-state index < -0.39 is 22.9 Å². The molecule has 0 radical (unpaired) electrons. The third kappa shape index (κ3) is 29.1. The fourth-order valence-corrected chi connectivity index (χ4v) is 7.91. The number of nitrogens with one attached hydrogen (secondary N) is 2. The van der Waals surface area contributed by atoms with Crippen LogP contribution < -0.4 is 49.4 Å². The number of Topliss-reactive ketones (excluding diaryl/α,β-unsaturated/α-hetero) is 4. The number of carboxylic acids is 1. The van der Waals surface area contributed by atoms with Crippen LogP contribution >= 0.6 is 11.6 Å². The van der Waals surface area contributed by atoms with E-state index in [1.54, 1.807) is 117 Å². The smallest absolute Gasteiger partial charge is 0.870 e. The van der Waals surface area contributed by atoms with Gasteiger partial charge >= 0.3 is 31.0 Å². The van der Waals surface area contributed by atoms with Gasteiger partial charge in [-0.15, -0.1) is 0 Å². The van der Waals surface area contributed by atoms with Crippen LogP contribution in [-0.4, -0.2) is 145 Å². The zero-order chi connectivity index (χ0) is 74.8. The summed E-state index contributed by atoms with van der Waals surface area (Å²) in [6, 6.07) is 29.1. The average Bonchev–Trinajstić information content (AvgIpc) is 0.848. The van der Waals surface area contributed by atoms with Crippen LogP contribution in [0.3, 0.4) is 0 Å². The Morgan fingerprint density at radius 3 is 1.06 bits per heavy atom. The number of hydrogen-bond acceptors (Lipinski definition) is 27. The Kier molecular flexibility index (Phi) is 38.5. The fraction of sp³-hybridized carbons (Fsp3) is 0.191. The maximum Gasteiger partial charge on any atom is 1.00 e. The summed E-state index contributed by atoms with van der Waals surface area (Å²) in [6.45, 7) is 11.7. The molecule has 0 aliphatic carbocycles. The van der Waals surface area contributed by atoms with Gasteiger partial charge in [-0.05, 0) is 131 Å². The summed E-state index contributed by atoms with van der Waals surface area (Å²) < 4.78 is 47.8. The van der Waals surface area contributed by atoms with Crippen molar-refractivity contribution in [2.75, 3.05) is 44.8 Å². The Bertz CT molecular complexity index is 4180. The van der Waals surface area contributed by atoms with Gasteiger partial charge in [0.15, 0.2) is 17.3 Å². The predicted octanol–water partition coefficient (Wildman–Crippen LogP) is 10.2. The van der Waals surface area contributed by atoms with Crippen molar-refractivity contribution < 1.29 is 101 Å². The first-order valence-corrected chi connectivity index (χ1v) is 29.2. The number of nitrogen functional groups attached to an aromatic ring is 1. The molecule has 29 nitrogen and oxygen atoms in total. The zero-order valence-corrected chi connectivity index (χ0v) is 58.1. The van der Waals surface area contributed by atoms with Crippen molar-refractivity contribution >= 4 is 75.3 Å². The van der Waals surface area contributed by atoms with Crippen LogP contribution in [0.25, 0.3) is 33.4 Å². The summed E-state index contributed by atoms with van der Waals surface area (Å²) in [5.41, 5.74) is 16.7. The van der Waals surface area contributed by atoms with E-state index >= 15 is 0 Å². The molecule has 9 N–H and O–H groups in total. The molecular weight excluding hydrogens is 1350 g/mol. The van der Waals surface area contributed by atoms with Gasteiger partial charge in [0.1, 0.15) is 23.4 Å². The number of aryl methyl sites for hydroxylation is 4. The molecule has 0 saturated carbocycles. The molecule has 0 fully saturated rings. The van der Waals surface area contributed by atoms with Crippen LogP contribution in [0.2, 0.25) is 5.28 Å². The van der Waals surface area contributed by atoms with E-state index in [9.17, 15) is 47.3 Å². The number of hydrogen-bond donors (Lipinski definition) is 7. The number of carboxylic acid groups (broad SMARTS) is 1. The van der Waals surface area contributed by atoms with Crippen molar-refractivity contribution in [2.45, 2.75) is 61.6 Å². The summed E-state index contributed by atoms with van der Waals surface area (Å²) in [4.78, 5) is 105. The number of nitrogens with zero attached hydrogens (tertiary/aromatic N) is 11. The molecule has 7 aromatic heterocycles. The van der Waals surface area contributed by atoms with Crippen LogP contribution in [0.15, 0.2) is 159 Å². The van der Waals surface area contributed by atoms with Gasteiger partial charge in [-0.3, -0.25) is 59.7 Å². The summed E-state index contributed by atoms with van der Waals surface area (Å²) in [7, 11) is 5.89. The molecule has 0 amide bonds. The van der Waals surface area contributed by atoms with Crippen molar-refractivity contribution in [1.29, 1.82) is 0 Å². The second-order valence-corrected chi connectivity index (χ2v) is 20.3. The molecule has 0 atom stereocenters. The quantitative estimate of drug-likeness (QED) is 0.0125. The molecule has 10 rings (SSSR count). The molecule has 102 heavy (non-hydrogen) atoms. The monoisotopic (exact) mass is 1420 g/mol. The van der Waals surface area contributed by atoms with Crippen molar-refractivity contribution in [1.82, 2.24) is 49.8 Å². The first-order chi connectivity index (χ1) is 47.5. The molecule has 0 spiro atoms. The molecule has 0 aliphatic rings. The average molecular weight is 1420 g/mol. The summed E-state index contributed by atoms with van der Waals surface area (Å²) in [5, 5.41) is 44.8. The standard InChI is InChI=1S/C19H18N4O2.C18H16N4O3.C11H9ClN2O.C8H8N2O3.C8H10N2O.C3H3F3O.CH4O.Li.H2O2.H2O/c1-12-18(13(2)24)8-16(11-20-12)23-19-21-9-15(10-22-19)14-4-6-17(25-3)7-5-14;1-11-16(17(23)24)7-14(10-19-11)22-18-20-8-13(9-21-18)12-3-5-15(25-2)6-4-12;1-15-10-4-2-8(3-5-10)9-6-13-11(12)14-7-9;1-5-8(6(2)11)3-7(4-9-5)10(12)13;1-5-8(6(2)11)3-7(9)4-10-5;1-2(7)3(4,5)6;1-2;;1-2;/h4-11H,1-3H3,(H,21,22,23);3-10H,1-2H3,(H,23,24)(H,20,21,22);2-7H,1H3;3-4H,1-2H3;3-4H,9H2,1-2H3;1H3;2H,1H3;;1-2H;1H2/q;;;;;;;+1;;/p-1. The van der Waals surface area contributed by atoms with Crippen molar-refractivity contribution in [3.05, 3.63) is 219 Å². The van der Waals surface area contributed by atoms with Gasteiger partial charge < -0.3 is 46.3 Å². The van der Waals surface area contributed by atoms with Crippen molar-refractivity contribution in [2.24, 2.45) is 0 Å². The van der Waals surface area contributed by atoms with Crippen LogP contribution in [0.1, 0.15) is 91.9 Å². The Morgan fingerprint density at radius 1 is 0.480 bits per heavy atom. The number of aromatic nitrogens is 10. The fourth-order valence-electron chi connectivity index (χ4n) is 7.81. The molecule has 0 unspecified atom stereocenters. The second kappa shape index (κ2) is 44.4. The van der Waals surface area contributed by atoms with Gasteiger partial charge in [0, 0.05) is 108 Å². The normalized spacial score (nSPS) is 9.72. The Morgan fingerprint density at radius 2 is 0.765 bits per heavy atom. The van der Waals surface area contributed by atoms with Gasteiger partial charge in [0.25, 0.3) is 5.69 Å². The van der Waals surface area contributed by atoms with Gasteiger partial charge in [-0.2, -0.15) is 13.2 Å². The molecule has 532 valence electrons. The van der Waals surface area contributed by atoms with Crippen LogP contribution in [0.5, 0.6) is 17.2 Å². The predicted molar refractivity (Wildman–Crippen MR) is 370 cm³/mol. The first-order valence-electron chi connectivity index (χ1n) is 28.8. The number of rotatable bonds is 15. The Labute approximate surface area is 600 Å². The number of nitro groups is 1. The number of nitrogens with two attached hydrogens (primary N) is 1. The number of aliphatic hydroxyl groups excluding tert-OH is 1. The number of ketones is 4. The molecule has 3 aromatic carbocycles. The number of alkyl halides is 3. The first kappa shape index (κ1) is 88.4. The maximum atomic E-state index is 11.6. The molecule has 0 aliphatic heterocycles. The van der Waals surface area contributed by atoms with E-state index in [2.05, 4.69) is 60.5 Å². The summed E-state index contributed by atoms with van der Waals surface area (Å²) in [5.74, 6) is 0.197. The molecule has 10 aromatic rings. The number of carbonyl (C=O) groups excluding carboxylic acids is 4. The van der Waals surface area contributed by atoms with Crippen LogP contribution in [-0.2, 0) is 4.79 Å². The number of anilines is 5. The van der Waals surface area contributed by atoms with E-state index in [1.807, 2.05) is 72.8 Å². The number of ether oxygens (including phenoxy) is 3. The Balaban J connectivity index is 0.000000630. The van der Waals surface area contributed by atoms with Crippen LogP contribution in [0, 0.1) is 37.8 Å². The molecule has 34 heteroatoms. The number of carbonyl (C=O) groups is 5. The minimum Gasteiger partial charge on any atom is -0.870 e. The number of aliphatic hydroxyl groups is 1. The number of methoxy groups -OCH3 is 3. The minimum atomic E-state index is -4.64. The molecule has 7 heterocycles. The van der Waals surface area contributed by atoms with Crippen molar-refractivity contribution in [3.8, 4) is 50.6 Å². The SMILES string of the molecule is CC(=O)C(F)(F)F.CC(=O)c1cc(N)cnc1C.CC(=O)c1cc([N+](=O)[O-])cnc1C.CO.COc1ccc(-c2cnc(Cl)nc2)cc1.COc1ccc(-c2cnc(Nc3cnc(C)c(C(=O)O)c3)nc2)cc1.COc1ccc(-c2cnc(Nc3cnc(C)c(C(C)=O)c3)nc2)cc1.OO.[Li+].[OH-]. The van der Waals surface area contributed by atoms with E-state index in [0.29, 0.717) is 69.7 Å². The van der Waals surface area contributed by atoms with E-state index in [4.69, 9.17) is 52.3 Å². The Hall–Kier alpha value is -11.6. The van der Waals surface area contributed by atoms with Gasteiger partial charge in [0.2, 0.25) is 23.0 Å². The third-order valence-electron chi connectivity index (χ3n) is 13.0. The van der Waals surface area contributed by atoms with Crippen LogP contribution in [0.4, 0.5) is 47.8 Å². The molecular formula is C68H71ClF3LiN14O15. The maximum absolute atomic E-state index is 11.6. The van der Waals surface area contributed by atoms with E-state index in [-0.39, 0.29) is 58.2 Å². The van der Waals surface area contributed by atoms with E-state index in [0.717, 1.165) is 69.6 Å².